The fourth-order valence-corrected chi connectivity index (χ4v) is 5.77. The van der Waals surface area contributed by atoms with Crippen LogP contribution >= 0.6 is 23.8 Å². The zero-order chi connectivity index (χ0) is 28.4. The highest BCUT2D eigenvalue weighted by atomic mass is 35.5. The first-order valence-corrected chi connectivity index (χ1v) is 13.5. The van der Waals surface area contributed by atoms with E-state index < -0.39 is 41.3 Å². The van der Waals surface area contributed by atoms with Crippen molar-refractivity contribution in [1.29, 1.82) is 0 Å². The van der Waals surface area contributed by atoms with Crippen molar-refractivity contribution in [1.82, 2.24) is 20.5 Å². The molecule has 1 aliphatic rings. The van der Waals surface area contributed by atoms with Crippen molar-refractivity contribution in [2.75, 3.05) is 7.05 Å². The molecular weight excluding hydrogens is 533 g/mol. The average molecular weight is 568 g/mol. The highest BCUT2D eigenvalue weighted by Crippen LogP contribution is 2.38. The number of aryl methyl sites for hydroxylation is 1. The van der Waals surface area contributed by atoms with Gasteiger partial charge in [0.2, 0.25) is 11.8 Å². The monoisotopic (exact) mass is 567 g/mol. The Morgan fingerprint density at radius 3 is 2.61 bits per heavy atom. The van der Waals surface area contributed by atoms with Crippen LogP contribution in [0.15, 0.2) is 12.1 Å². The van der Waals surface area contributed by atoms with Crippen LogP contribution in [0.3, 0.4) is 0 Å². The summed E-state index contributed by atoms with van der Waals surface area (Å²) in [6.45, 7) is 5.55. The number of rotatable bonds is 10. The molecule has 6 N–H and O–H groups in total. The molecule has 0 fully saturated rings. The number of amides is 3. The van der Waals surface area contributed by atoms with Gasteiger partial charge in [-0.05, 0) is 42.9 Å². The smallest absolute Gasteiger partial charge is 0.405 e. The normalized spacial score (nSPS) is 19.2. The van der Waals surface area contributed by atoms with Gasteiger partial charge in [0.25, 0.3) is 0 Å². The first kappa shape index (κ1) is 29.6. The van der Waals surface area contributed by atoms with Crippen LogP contribution in [0.25, 0.3) is 10.9 Å². The van der Waals surface area contributed by atoms with Crippen LogP contribution in [0.4, 0.5) is 9.18 Å². The van der Waals surface area contributed by atoms with Crippen molar-refractivity contribution in [3.63, 3.8) is 0 Å². The number of thiocarbonyl (C=S) groups is 1. The maximum atomic E-state index is 14.3. The minimum Gasteiger partial charge on any atom is -0.465 e. The molecule has 1 aromatic carbocycles. The number of aromatic amines is 1. The van der Waals surface area contributed by atoms with E-state index in [0.29, 0.717) is 35.7 Å². The molecule has 3 amide bonds. The van der Waals surface area contributed by atoms with E-state index in [1.807, 2.05) is 13.8 Å². The van der Waals surface area contributed by atoms with Gasteiger partial charge in [-0.15, -0.1) is 0 Å². The van der Waals surface area contributed by atoms with Gasteiger partial charge in [0.05, 0.1) is 21.6 Å². The first-order valence-electron chi connectivity index (χ1n) is 12.7. The minimum atomic E-state index is -1.45. The number of halogens is 2. The zero-order valence-corrected chi connectivity index (χ0v) is 23.6. The molecule has 0 aliphatic heterocycles. The van der Waals surface area contributed by atoms with Gasteiger partial charge in [-0.25, -0.2) is 9.18 Å². The Bertz CT molecular complexity index is 1250. The quantitative estimate of drug-likeness (QED) is 0.276. The molecule has 0 saturated carbocycles. The molecule has 38 heavy (non-hydrogen) atoms. The summed E-state index contributed by atoms with van der Waals surface area (Å²) < 4.78 is 14.3. The van der Waals surface area contributed by atoms with E-state index >= 15 is 0 Å². The first-order chi connectivity index (χ1) is 17.8. The summed E-state index contributed by atoms with van der Waals surface area (Å²) >= 11 is 11.5. The Labute approximate surface area is 231 Å². The molecule has 1 aromatic heterocycles. The number of likely N-dealkylation sites (N-methyl/N-ethyl adjacent to an activating group) is 1. The zero-order valence-electron chi connectivity index (χ0n) is 22.0. The highest BCUT2D eigenvalue weighted by Gasteiger charge is 2.48. The largest absolute Gasteiger partial charge is 0.465 e. The number of H-pyrrole nitrogens is 1. The molecule has 2 aromatic rings. The van der Waals surface area contributed by atoms with Crippen molar-refractivity contribution in [2.24, 2.45) is 11.7 Å². The van der Waals surface area contributed by atoms with Crippen LogP contribution in [-0.2, 0) is 22.4 Å². The van der Waals surface area contributed by atoms with Crippen molar-refractivity contribution in [3.8, 4) is 0 Å². The van der Waals surface area contributed by atoms with Crippen molar-refractivity contribution >= 4 is 57.6 Å². The van der Waals surface area contributed by atoms with Gasteiger partial charge in [0.15, 0.2) is 0 Å². The molecular formula is C26H35ClFN5O4S. The summed E-state index contributed by atoms with van der Waals surface area (Å²) in [5.41, 5.74) is 6.55. The van der Waals surface area contributed by atoms with Crippen molar-refractivity contribution in [3.05, 3.63) is 34.2 Å². The average Bonchev–Trinajstić information content (AvgIpc) is 3.22. The van der Waals surface area contributed by atoms with E-state index in [0.717, 1.165) is 12.1 Å². The number of carboxylic acid groups (broad SMARTS) is 1. The number of carbonyl (C=O) groups excluding carboxylic acids is 2. The van der Waals surface area contributed by atoms with E-state index in [-0.39, 0.29) is 28.8 Å². The fraction of sp³-hybridized carbons (Fsp3) is 0.538. The third-order valence-electron chi connectivity index (χ3n) is 7.53. The van der Waals surface area contributed by atoms with E-state index in [1.165, 1.54) is 17.0 Å². The van der Waals surface area contributed by atoms with Gasteiger partial charge in [0.1, 0.15) is 17.4 Å². The summed E-state index contributed by atoms with van der Waals surface area (Å²) in [5, 5.41) is 15.3. The van der Waals surface area contributed by atoms with Gasteiger partial charge >= 0.3 is 6.09 Å². The standard InChI is InChI=1S/C26H35ClFN5O4S/c1-5-7-19(22(29)38)33(4)24(35)26(32-23(34)20(13(3)6-2)31-25(36)37)9-8-18-16(12-26)15-10-14(28)11-17(27)21(15)30-18/h10-11,13,19-20,30-31H,5-9,12H2,1-4H3,(H2,29,38)(H,32,34)(H,36,37)/t13?,19?,20-,26?/m0/s1. The number of carbonyl (C=O) groups is 3. The number of hydrogen-bond acceptors (Lipinski definition) is 4. The minimum absolute atomic E-state index is 0.0491. The Kier molecular flexibility index (Phi) is 9.25. The second kappa shape index (κ2) is 11.9. The molecule has 12 heteroatoms. The second-order valence-electron chi connectivity index (χ2n) is 10.1. The predicted octanol–water partition coefficient (Wildman–Crippen LogP) is 3.90. The number of aromatic nitrogens is 1. The van der Waals surface area contributed by atoms with Crippen LogP contribution in [-0.4, -0.2) is 62.6 Å². The van der Waals surface area contributed by atoms with Crippen molar-refractivity contribution in [2.45, 2.75) is 76.9 Å². The number of nitrogens with one attached hydrogen (secondary N) is 3. The Morgan fingerprint density at radius 2 is 2.03 bits per heavy atom. The maximum Gasteiger partial charge on any atom is 0.405 e. The summed E-state index contributed by atoms with van der Waals surface area (Å²) in [5.74, 6) is -1.87. The maximum absolute atomic E-state index is 14.3. The SMILES string of the molecule is CCCC(C(N)=S)N(C)C(=O)C1(NC(=O)[C@@H](NC(=O)O)C(C)CC)CCc2[nH]c3c(Cl)cc(F)cc3c2C1. The summed E-state index contributed by atoms with van der Waals surface area (Å²) in [7, 11) is 1.60. The Balaban J connectivity index is 2.11. The Hall–Kier alpha value is -2.92. The highest BCUT2D eigenvalue weighted by molar-refractivity contribution is 7.80. The molecule has 0 spiro atoms. The molecule has 4 atom stereocenters. The van der Waals surface area contributed by atoms with Crippen LogP contribution in [0.2, 0.25) is 5.02 Å². The van der Waals surface area contributed by atoms with E-state index in [9.17, 15) is 23.9 Å². The molecule has 0 saturated heterocycles. The van der Waals surface area contributed by atoms with Crippen LogP contribution in [0.5, 0.6) is 0 Å². The lowest BCUT2D eigenvalue weighted by Crippen LogP contribution is -2.66. The molecule has 3 rings (SSSR count). The van der Waals surface area contributed by atoms with Gasteiger partial charge < -0.3 is 31.4 Å². The summed E-state index contributed by atoms with van der Waals surface area (Å²) in [4.78, 5) is 44.1. The number of fused-ring (bicyclic) bond motifs is 3. The van der Waals surface area contributed by atoms with Crippen molar-refractivity contribution < 1.29 is 23.9 Å². The molecule has 208 valence electrons. The fourth-order valence-electron chi connectivity index (χ4n) is 5.24. The third-order valence-corrected chi connectivity index (χ3v) is 8.10. The second-order valence-corrected chi connectivity index (χ2v) is 11.0. The van der Waals surface area contributed by atoms with Crippen LogP contribution in [0, 0.1) is 11.7 Å². The lowest BCUT2D eigenvalue weighted by Gasteiger charge is -2.42. The number of nitrogens with two attached hydrogens (primary N) is 1. The summed E-state index contributed by atoms with van der Waals surface area (Å²) in [6.07, 6.45) is 1.09. The number of hydrogen-bond donors (Lipinski definition) is 5. The predicted molar refractivity (Wildman–Crippen MR) is 149 cm³/mol. The van der Waals surface area contributed by atoms with Gasteiger partial charge in [0, 0.05) is 24.5 Å². The number of benzene rings is 1. The topological polar surface area (TPSA) is 141 Å². The molecule has 1 heterocycles. The molecule has 0 bridgehead atoms. The molecule has 0 radical (unpaired) electrons. The van der Waals surface area contributed by atoms with Crippen LogP contribution < -0.4 is 16.4 Å². The Morgan fingerprint density at radius 1 is 1.34 bits per heavy atom. The number of nitrogens with zero attached hydrogens (tertiary/aromatic N) is 1. The molecule has 1 aliphatic carbocycles. The summed E-state index contributed by atoms with van der Waals surface area (Å²) in [6, 6.07) is 0.956. The van der Waals surface area contributed by atoms with E-state index in [2.05, 4.69) is 15.6 Å². The molecule has 3 unspecified atom stereocenters. The lowest BCUT2D eigenvalue weighted by atomic mass is 9.77. The van der Waals surface area contributed by atoms with Gasteiger partial charge in [-0.1, -0.05) is 57.4 Å². The van der Waals surface area contributed by atoms with E-state index in [1.54, 1.807) is 14.0 Å². The van der Waals surface area contributed by atoms with Gasteiger partial charge in [-0.3, -0.25) is 9.59 Å². The molecule has 9 nitrogen and oxygen atoms in total. The van der Waals surface area contributed by atoms with Crippen LogP contribution in [0.1, 0.15) is 57.7 Å². The third kappa shape index (κ3) is 5.88. The van der Waals surface area contributed by atoms with E-state index in [4.69, 9.17) is 29.6 Å². The van der Waals surface area contributed by atoms with Gasteiger partial charge in [-0.2, -0.15) is 0 Å². The lowest BCUT2D eigenvalue weighted by molar-refractivity contribution is -0.143.